The number of piperidine rings is 1. The van der Waals surface area contributed by atoms with Crippen LogP contribution in [0.5, 0.6) is 5.75 Å². The second kappa shape index (κ2) is 7.96. The van der Waals surface area contributed by atoms with Gasteiger partial charge in [0, 0.05) is 10.6 Å². The molecular weight excluding hydrogens is 419 g/mol. The van der Waals surface area contributed by atoms with Crippen molar-refractivity contribution in [3.63, 3.8) is 0 Å². The summed E-state index contributed by atoms with van der Waals surface area (Å²) in [7, 11) is 0. The van der Waals surface area contributed by atoms with Crippen molar-refractivity contribution in [2.45, 2.75) is 32.0 Å². The highest BCUT2D eigenvalue weighted by Crippen LogP contribution is 2.40. The molecule has 1 fully saturated rings. The van der Waals surface area contributed by atoms with E-state index < -0.39 is 22.9 Å². The van der Waals surface area contributed by atoms with Crippen LogP contribution < -0.4 is 10.3 Å². The summed E-state index contributed by atoms with van der Waals surface area (Å²) in [6.07, 6.45) is -1.79. The Hall–Kier alpha value is -2.51. The molecule has 1 saturated heterocycles. The molecule has 0 bridgehead atoms. The Kier molecular flexibility index (Phi) is 5.51. The summed E-state index contributed by atoms with van der Waals surface area (Å²) in [6.45, 7) is 1.99. The average Bonchev–Trinajstić information content (AvgIpc) is 2.71. The monoisotopic (exact) mass is 438 g/mol. The third kappa shape index (κ3) is 3.79. The van der Waals surface area contributed by atoms with E-state index in [1.165, 1.54) is 30.3 Å². The third-order valence-electron chi connectivity index (χ3n) is 5.53. The molecule has 3 aromatic rings. The first-order valence-electron chi connectivity index (χ1n) is 9.74. The van der Waals surface area contributed by atoms with Gasteiger partial charge in [-0.3, -0.25) is 4.79 Å². The van der Waals surface area contributed by atoms with Crippen LogP contribution in [0.1, 0.15) is 30.6 Å². The number of halogens is 4. The molecule has 0 atom stereocenters. The van der Waals surface area contributed by atoms with Crippen molar-refractivity contribution in [2.24, 2.45) is 0 Å². The first-order chi connectivity index (χ1) is 14.3. The lowest BCUT2D eigenvalue weighted by Gasteiger charge is -2.24. The zero-order chi connectivity index (χ0) is 21.5. The molecule has 2 heterocycles. The van der Waals surface area contributed by atoms with Crippen molar-refractivity contribution in [3.05, 3.63) is 63.0 Å². The first-order valence-corrected chi connectivity index (χ1v) is 10.1. The highest BCUT2D eigenvalue weighted by atomic mass is 35.5. The van der Waals surface area contributed by atoms with Crippen LogP contribution in [0.3, 0.4) is 0 Å². The van der Waals surface area contributed by atoms with Crippen molar-refractivity contribution < 1.29 is 27.6 Å². The van der Waals surface area contributed by atoms with Gasteiger partial charge in [-0.25, -0.2) is 0 Å². The normalized spacial score (nSPS) is 15.6. The fourth-order valence-corrected chi connectivity index (χ4v) is 4.29. The van der Waals surface area contributed by atoms with E-state index in [2.05, 4.69) is 0 Å². The standard InChI is InChI=1S/C22H19ClF3NO3/c23-16-7-3-2-6-13(16)18-19(29)14-8-9-17(28)15(12-27-10-4-1-5-11-27)20(14)30-21(18)22(24,25)26/h2-3,6-9,28H,1,4-5,10-12H2/p+1. The molecule has 0 radical (unpaired) electrons. The van der Waals surface area contributed by atoms with Gasteiger partial charge in [0.1, 0.15) is 12.3 Å². The number of nitrogens with one attached hydrogen (secondary N) is 1. The summed E-state index contributed by atoms with van der Waals surface area (Å²) < 4.78 is 47.1. The van der Waals surface area contributed by atoms with E-state index in [0.717, 1.165) is 37.3 Å². The van der Waals surface area contributed by atoms with E-state index in [-0.39, 0.29) is 39.4 Å². The molecule has 1 aliphatic heterocycles. The van der Waals surface area contributed by atoms with Crippen LogP contribution in [-0.2, 0) is 12.7 Å². The molecule has 0 saturated carbocycles. The summed E-state index contributed by atoms with van der Waals surface area (Å²) >= 11 is 6.10. The Morgan fingerprint density at radius 2 is 1.77 bits per heavy atom. The van der Waals surface area contributed by atoms with Gasteiger partial charge >= 0.3 is 6.18 Å². The summed E-state index contributed by atoms with van der Waals surface area (Å²) in [6, 6.07) is 8.48. The maximum Gasteiger partial charge on any atom is 0.450 e. The molecule has 8 heteroatoms. The van der Waals surface area contributed by atoms with Crippen molar-refractivity contribution in [1.82, 2.24) is 0 Å². The van der Waals surface area contributed by atoms with Crippen molar-refractivity contribution in [2.75, 3.05) is 13.1 Å². The zero-order valence-electron chi connectivity index (χ0n) is 16.0. The van der Waals surface area contributed by atoms with E-state index in [1.54, 1.807) is 6.07 Å². The minimum atomic E-state index is -4.91. The Labute approximate surface area is 175 Å². The summed E-state index contributed by atoms with van der Waals surface area (Å²) in [5.41, 5.74) is -1.49. The fraction of sp³-hybridized carbons (Fsp3) is 0.318. The number of quaternary nitrogens is 1. The van der Waals surface area contributed by atoms with Crippen molar-refractivity contribution in [1.29, 1.82) is 0 Å². The number of phenolic OH excluding ortho intramolecular Hbond substituents is 1. The maximum atomic E-state index is 13.9. The molecule has 1 aromatic heterocycles. The quantitative estimate of drug-likeness (QED) is 0.637. The number of hydrogen-bond acceptors (Lipinski definition) is 3. The number of likely N-dealkylation sites (tertiary alicyclic amines) is 1. The minimum absolute atomic E-state index is 0.0119. The molecule has 0 amide bonds. The van der Waals surface area contributed by atoms with Crippen LogP contribution in [0.2, 0.25) is 5.02 Å². The van der Waals surface area contributed by atoms with Crippen LogP contribution >= 0.6 is 11.6 Å². The van der Waals surface area contributed by atoms with Gasteiger partial charge in [-0.1, -0.05) is 29.8 Å². The van der Waals surface area contributed by atoms with Crippen LogP contribution in [0.4, 0.5) is 13.2 Å². The van der Waals surface area contributed by atoms with Crippen LogP contribution in [-0.4, -0.2) is 18.2 Å². The summed E-state index contributed by atoms with van der Waals surface area (Å²) in [4.78, 5) is 14.3. The van der Waals surface area contributed by atoms with E-state index in [9.17, 15) is 23.1 Å². The molecule has 2 aromatic carbocycles. The molecule has 158 valence electrons. The Balaban J connectivity index is 1.99. The lowest BCUT2D eigenvalue weighted by atomic mass is 9.99. The second-order valence-electron chi connectivity index (χ2n) is 7.54. The molecule has 30 heavy (non-hydrogen) atoms. The SMILES string of the molecule is O=c1c(-c2ccccc2Cl)c(C(F)(F)F)oc2c(C[NH+]3CCCCC3)c(O)ccc12. The zero-order valence-corrected chi connectivity index (χ0v) is 16.7. The molecule has 2 N–H and O–H groups in total. The Bertz CT molecular complexity index is 1150. The number of hydrogen-bond donors (Lipinski definition) is 2. The lowest BCUT2D eigenvalue weighted by Crippen LogP contribution is -3.11. The van der Waals surface area contributed by atoms with Crippen LogP contribution in [0.25, 0.3) is 22.1 Å². The predicted octanol–water partition coefficient (Wildman–Crippen LogP) is 4.41. The summed E-state index contributed by atoms with van der Waals surface area (Å²) in [5, 5.41) is 10.4. The van der Waals surface area contributed by atoms with Gasteiger partial charge in [0.25, 0.3) is 0 Å². The highest BCUT2D eigenvalue weighted by molar-refractivity contribution is 6.33. The van der Waals surface area contributed by atoms with Gasteiger partial charge in [-0.15, -0.1) is 0 Å². The lowest BCUT2D eigenvalue weighted by molar-refractivity contribution is -0.918. The van der Waals surface area contributed by atoms with Crippen molar-refractivity contribution in [3.8, 4) is 16.9 Å². The third-order valence-corrected chi connectivity index (χ3v) is 5.86. The largest absolute Gasteiger partial charge is 0.507 e. The number of benzene rings is 2. The maximum absolute atomic E-state index is 13.9. The van der Waals surface area contributed by atoms with Gasteiger partial charge < -0.3 is 14.4 Å². The molecular formula is C22H20ClF3NO3+. The molecule has 4 rings (SSSR count). The number of fused-ring (bicyclic) bond motifs is 1. The van der Waals surface area contributed by atoms with Gasteiger partial charge in [-0.2, -0.15) is 13.2 Å². The van der Waals surface area contributed by atoms with E-state index in [1.807, 2.05) is 0 Å². The highest BCUT2D eigenvalue weighted by Gasteiger charge is 2.40. The molecule has 1 aliphatic rings. The molecule has 4 nitrogen and oxygen atoms in total. The number of aromatic hydroxyl groups is 1. The van der Waals surface area contributed by atoms with E-state index >= 15 is 0 Å². The summed E-state index contributed by atoms with van der Waals surface area (Å²) in [5.74, 6) is -1.59. The molecule has 0 unspecified atom stereocenters. The predicted molar refractivity (Wildman–Crippen MR) is 108 cm³/mol. The van der Waals surface area contributed by atoms with E-state index in [4.69, 9.17) is 16.0 Å². The minimum Gasteiger partial charge on any atom is -0.507 e. The number of alkyl halides is 3. The van der Waals surface area contributed by atoms with Gasteiger partial charge in [-0.05, 0) is 37.5 Å². The van der Waals surface area contributed by atoms with E-state index in [0.29, 0.717) is 0 Å². The van der Waals surface area contributed by atoms with Gasteiger partial charge in [0.05, 0.1) is 29.6 Å². The van der Waals surface area contributed by atoms with Crippen LogP contribution in [0.15, 0.2) is 45.6 Å². The first kappa shape index (κ1) is 20.8. The Morgan fingerprint density at radius 1 is 1.07 bits per heavy atom. The second-order valence-corrected chi connectivity index (χ2v) is 7.95. The van der Waals surface area contributed by atoms with Crippen molar-refractivity contribution >= 4 is 22.6 Å². The number of rotatable bonds is 3. The van der Waals surface area contributed by atoms with Gasteiger partial charge in [0.15, 0.2) is 5.58 Å². The molecule has 0 aliphatic carbocycles. The fourth-order valence-electron chi connectivity index (χ4n) is 4.06. The van der Waals surface area contributed by atoms with Crippen LogP contribution in [0, 0.1) is 0 Å². The Morgan fingerprint density at radius 3 is 2.43 bits per heavy atom. The smallest absolute Gasteiger partial charge is 0.450 e. The van der Waals surface area contributed by atoms with Gasteiger partial charge in [0.2, 0.25) is 11.2 Å². The number of phenols is 1. The topological polar surface area (TPSA) is 54.9 Å². The molecule has 0 spiro atoms. The average molecular weight is 439 g/mol.